The van der Waals surface area contributed by atoms with Crippen molar-refractivity contribution in [2.45, 2.75) is 252 Å². The maximum absolute atomic E-state index is 12.8. The summed E-state index contributed by atoms with van der Waals surface area (Å²) < 4.78 is 16.8. The highest BCUT2D eigenvalue weighted by atomic mass is 16.6. The van der Waals surface area contributed by atoms with Gasteiger partial charge in [0.05, 0.1) is 0 Å². The zero-order chi connectivity index (χ0) is 45.1. The summed E-state index contributed by atoms with van der Waals surface area (Å²) in [4.78, 5) is 38.0. The molecule has 0 aromatic rings. The van der Waals surface area contributed by atoms with Crippen molar-refractivity contribution in [2.24, 2.45) is 0 Å². The molecule has 0 N–H and O–H groups in total. The predicted octanol–water partition coefficient (Wildman–Crippen LogP) is 17.0. The van der Waals surface area contributed by atoms with Crippen LogP contribution in [0.3, 0.4) is 0 Å². The SMILES string of the molecule is CC/C=C/C/C=C/C/C=C/CCCCCCCC(=O)OC[C@@H](COC(=O)CCCCCCC/C=C/CCCCCCC)OC(=O)CCCCCCC/C=C/C/C=C/CCCCC. The number of rotatable bonds is 46. The van der Waals surface area contributed by atoms with Gasteiger partial charge in [-0.1, -0.05) is 190 Å². The molecule has 0 rings (SSSR count). The average Bonchev–Trinajstić information content (AvgIpc) is 3.27. The highest BCUT2D eigenvalue weighted by Crippen LogP contribution is 2.13. The van der Waals surface area contributed by atoms with Crippen LogP contribution in [0.4, 0.5) is 0 Å². The molecule has 62 heavy (non-hydrogen) atoms. The largest absolute Gasteiger partial charge is 0.462 e. The van der Waals surface area contributed by atoms with Crippen molar-refractivity contribution in [1.82, 2.24) is 0 Å². The van der Waals surface area contributed by atoms with Crippen LogP contribution in [0.2, 0.25) is 0 Å². The van der Waals surface area contributed by atoms with Gasteiger partial charge in [0.1, 0.15) is 13.2 Å². The Morgan fingerprint density at radius 3 is 1.03 bits per heavy atom. The third kappa shape index (κ3) is 47.9. The number of hydrogen-bond acceptors (Lipinski definition) is 6. The van der Waals surface area contributed by atoms with Gasteiger partial charge in [0, 0.05) is 19.3 Å². The summed E-state index contributed by atoms with van der Waals surface area (Å²) in [5.74, 6) is -0.929. The molecule has 1 atom stereocenters. The van der Waals surface area contributed by atoms with Crippen LogP contribution in [0.15, 0.2) is 72.9 Å². The lowest BCUT2D eigenvalue weighted by molar-refractivity contribution is -0.167. The number of ether oxygens (including phenoxy) is 3. The normalized spacial score (nSPS) is 12.6. The van der Waals surface area contributed by atoms with E-state index in [1.807, 2.05) is 0 Å². The van der Waals surface area contributed by atoms with Gasteiger partial charge in [-0.3, -0.25) is 14.4 Å². The maximum Gasteiger partial charge on any atom is 0.306 e. The fourth-order valence-corrected chi connectivity index (χ4v) is 7.01. The first-order valence-corrected chi connectivity index (χ1v) is 25.9. The molecule has 0 bridgehead atoms. The van der Waals surface area contributed by atoms with Gasteiger partial charge in [-0.05, 0) is 109 Å². The van der Waals surface area contributed by atoms with Gasteiger partial charge < -0.3 is 14.2 Å². The van der Waals surface area contributed by atoms with Crippen molar-refractivity contribution in [3.8, 4) is 0 Å². The van der Waals surface area contributed by atoms with E-state index in [0.29, 0.717) is 19.3 Å². The van der Waals surface area contributed by atoms with Gasteiger partial charge in [0.15, 0.2) is 6.10 Å². The summed E-state index contributed by atoms with van der Waals surface area (Å²) in [7, 11) is 0. The fraction of sp³-hybridized carbons (Fsp3) is 0.732. The standard InChI is InChI=1S/C56H96O6/c1-4-7-10-13-16-19-22-25-28-31-34-37-40-43-46-49-55(58)61-52-53(51-60-54(57)48-45-42-39-36-33-30-27-24-21-18-15-12-9-6-3)62-56(59)50-47-44-41-38-35-32-29-26-23-20-17-14-11-8-5-2/h7,10,16-17,19-20,24-29,53H,4-6,8-9,11-15,18,21-23,30-52H2,1-3H3/b10-7+,19-16+,20-17+,27-24+,28-25+,29-26+/t53-/m1/s1. The molecule has 6 nitrogen and oxygen atoms in total. The van der Waals surface area contributed by atoms with E-state index in [-0.39, 0.29) is 31.1 Å². The number of carbonyl (C=O) groups excluding carboxylic acids is 3. The minimum atomic E-state index is -0.792. The van der Waals surface area contributed by atoms with E-state index in [2.05, 4.69) is 93.7 Å². The third-order valence-corrected chi connectivity index (χ3v) is 10.9. The van der Waals surface area contributed by atoms with E-state index in [9.17, 15) is 14.4 Å². The molecule has 0 fully saturated rings. The molecule has 356 valence electrons. The van der Waals surface area contributed by atoms with Crippen molar-refractivity contribution in [2.75, 3.05) is 13.2 Å². The molecule has 0 aromatic carbocycles. The molecular formula is C56H96O6. The van der Waals surface area contributed by atoms with E-state index in [1.165, 1.54) is 77.0 Å². The fourth-order valence-electron chi connectivity index (χ4n) is 7.01. The quantitative estimate of drug-likeness (QED) is 0.0262. The van der Waals surface area contributed by atoms with Crippen molar-refractivity contribution < 1.29 is 28.6 Å². The van der Waals surface area contributed by atoms with E-state index in [0.717, 1.165) is 128 Å². The highest BCUT2D eigenvalue weighted by molar-refractivity contribution is 5.71. The van der Waals surface area contributed by atoms with Gasteiger partial charge in [-0.2, -0.15) is 0 Å². The number of hydrogen-bond donors (Lipinski definition) is 0. The van der Waals surface area contributed by atoms with Crippen LogP contribution >= 0.6 is 0 Å². The number of unbranched alkanes of at least 4 members (excludes halogenated alkanes) is 23. The molecule has 0 heterocycles. The second-order valence-electron chi connectivity index (χ2n) is 17.0. The lowest BCUT2D eigenvalue weighted by Gasteiger charge is -2.18. The van der Waals surface area contributed by atoms with Crippen LogP contribution in [-0.2, 0) is 28.6 Å². The summed E-state index contributed by atoms with van der Waals surface area (Å²) in [5, 5.41) is 0. The molecule has 0 saturated heterocycles. The average molecular weight is 865 g/mol. The van der Waals surface area contributed by atoms with Gasteiger partial charge in [0.2, 0.25) is 0 Å². The van der Waals surface area contributed by atoms with Gasteiger partial charge >= 0.3 is 17.9 Å². The first kappa shape index (κ1) is 58.9. The topological polar surface area (TPSA) is 78.9 Å². The van der Waals surface area contributed by atoms with Crippen LogP contribution in [0.25, 0.3) is 0 Å². The smallest absolute Gasteiger partial charge is 0.306 e. The predicted molar refractivity (Wildman–Crippen MR) is 265 cm³/mol. The number of carbonyl (C=O) groups is 3. The van der Waals surface area contributed by atoms with Gasteiger partial charge in [0.25, 0.3) is 0 Å². The van der Waals surface area contributed by atoms with Crippen LogP contribution < -0.4 is 0 Å². The minimum Gasteiger partial charge on any atom is -0.462 e. The first-order chi connectivity index (χ1) is 30.5. The van der Waals surface area contributed by atoms with E-state index < -0.39 is 6.10 Å². The Morgan fingerprint density at radius 1 is 0.339 bits per heavy atom. The van der Waals surface area contributed by atoms with Crippen LogP contribution in [0.5, 0.6) is 0 Å². The van der Waals surface area contributed by atoms with E-state index in [4.69, 9.17) is 14.2 Å². The molecule has 0 amide bonds. The molecule has 0 aliphatic rings. The highest BCUT2D eigenvalue weighted by Gasteiger charge is 2.19. The first-order valence-electron chi connectivity index (χ1n) is 25.9. The molecule has 0 saturated carbocycles. The summed E-state index contributed by atoms with van der Waals surface area (Å²) in [6.45, 7) is 6.46. The minimum absolute atomic E-state index is 0.0913. The molecule has 6 heteroatoms. The number of esters is 3. The van der Waals surface area contributed by atoms with Crippen molar-refractivity contribution in [3.05, 3.63) is 72.9 Å². The summed E-state index contributed by atoms with van der Waals surface area (Å²) >= 11 is 0. The molecule has 0 aliphatic carbocycles. The Kier molecular flexibility index (Phi) is 47.9. The Hall–Kier alpha value is -3.15. The van der Waals surface area contributed by atoms with Crippen molar-refractivity contribution in [1.29, 1.82) is 0 Å². The summed E-state index contributed by atoms with van der Waals surface area (Å²) in [6, 6.07) is 0. The summed E-state index contributed by atoms with van der Waals surface area (Å²) in [6.07, 6.45) is 63.1. The Morgan fingerprint density at radius 2 is 0.629 bits per heavy atom. The Labute approximate surface area is 382 Å². The second-order valence-corrected chi connectivity index (χ2v) is 17.0. The van der Waals surface area contributed by atoms with E-state index in [1.54, 1.807) is 0 Å². The zero-order valence-electron chi connectivity index (χ0n) is 40.6. The Bertz CT molecular complexity index is 1180. The van der Waals surface area contributed by atoms with Crippen molar-refractivity contribution in [3.63, 3.8) is 0 Å². The molecule has 0 unspecified atom stereocenters. The lowest BCUT2D eigenvalue weighted by Crippen LogP contribution is -2.30. The van der Waals surface area contributed by atoms with Crippen molar-refractivity contribution >= 4 is 17.9 Å². The lowest BCUT2D eigenvalue weighted by atomic mass is 10.1. The molecule has 0 aliphatic heterocycles. The second kappa shape index (κ2) is 50.5. The Balaban J connectivity index is 4.45. The van der Waals surface area contributed by atoms with Gasteiger partial charge in [-0.15, -0.1) is 0 Å². The number of allylic oxidation sites excluding steroid dienone is 12. The van der Waals surface area contributed by atoms with Crippen LogP contribution in [0.1, 0.15) is 245 Å². The molecule has 0 radical (unpaired) electrons. The van der Waals surface area contributed by atoms with Gasteiger partial charge in [-0.25, -0.2) is 0 Å². The van der Waals surface area contributed by atoms with Crippen LogP contribution in [-0.4, -0.2) is 37.2 Å². The molecule has 0 aromatic heterocycles. The third-order valence-electron chi connectivity index (χ3n) is 10.9. The molecule has 0 spiro atoms. The molecular weight excluding hydrogens is 769 g/mol. The maximum atomic E-state index is 12.8. The summed E-state index contributed by atoms with van der Waals surface area (Å²) in [5.41, 5.74) is 0. The van der Waals surface area contributed by atoms with E-state index >= 15 is 0 Å². The van der Waals surface area contributed by atoms with Crippen LogP contribution in [0, 0.1) is 0 Å². The zero-order valence-corrected chi connectivity index (χ0v) is 40.6. The monoisotopic (exact) mass is 865 g/mol.